The minimum absolute atomic E-state index is 0.884. The molecule has 0 aliphatic rings. The second-order valence-corrected chi connectivity index (χ2v) is 1.80. The van der Waals surface area contributed by atoms with Gasteiger partial charge >= 0.3 is 42.6 Å². The van der Waals surface area contributed by atoms with Crippen LogP contribution in [0.15, 0.2) is 0 Å². The zero-order chi connectivity index (χ0) is 4.28. The van der Waals surface area contributed by atoms with Crippen LogP contribution < -0.4 is 0 Å². The predicted octanol–water partition coefficient (Wildman–Crippen LogP) is 1.37. The first-order valence-corrected chi connectivity index (χ1v) is 2.27. The van der Waals surface area contributed by atoms with E-state index in [1.165, 1.54) is 6.42 Å². The van der Waals surface area contributed by atoms with Crippen molar-refractivity contribution in [2.24, 2.45) is 0 Å². The molecule has 0 fully saturated rings. The first-order chi connectivity index (χ1) is 2.27. The van der Waals surface area contributed by atoms with Gasteiger partial charge < -0.3 is 0 Å². The Balaban J connectivity index is 2.54. The third-order valence-electron chi connectivity index (χ3n) is 0.816. The van der Waals surface area contributed by atoms with Crippen LogP contribution in [0.3, 0.4) is 0 Å². The molecule has 0 N–H and O–H groups in total. The second-order valence-electron chi connectivity index (χ2n) is 1.80. The summed E-state index contributed by atoms with van der Waals surface area (Å²) in [7, 11) is 0. The molecule has 26 valence electrons. The van der Waals surface area contributed by atoms with E-state index in [9.17, 15) is 0 Å². The monoisotopic (exact) mass is 60.1 g/mol. The fourth-order valence-electron chi connectivity index (χ4n) is 0. The maximum absolute atomic E-state index is 2.22. The molecule has 0 bridgehead atoms. The Morgan fingerprint density at radius 2 is 2.00 bits per heavy atom. The standard InChI is InChI=1S/C4H9.Li/c1-3-4-2;/h3H,4H2,1-2H3;/i;1-4. The van der Waals surface area contributed by atoms with Crippen molar-refractivity contribution in [1.29, 1.82) is 0 Å². The van der Waals surface area contributed by atoms with Crippen LogP contribution in [-0.2, 0) is 0 Å². The molecule has 0 rings (SSSR count). The minimum atomic E-state index is 0.884. The normalized spacial score (nSPS) is 15.2. The van der Waals surface area contributed by atoms with Crippen LogP contribution in [0.4, 0.5) is 0 Å². The molecular formula is C4H9Li. The van der Waals surface area contributed by atoms with Crippen LogP contribution >= 0.6 is 0 Å². The molecule has 0 nitrogen and oxygen atoms in total. The Kier molecular flexibility index (Phi) is 3.15. The Bertz CT molecular complexity index is 17.6. The van der Waals surface area contributed by atoms with Gasteiger partial charge in [-0.1, -0.05) is 0 Å². The third-order valence-corrected chi connectivity index (χ3v) is 0.816. The Labute approximate surface area is 43.2 Å². The summed E-state index contributed by atoms with van der Waals surface area (Å²) in [5.74, 6) is 0. The van der Waals surface area contributed by atoms with Crippen molar-refractivity contribution in [3.8, 4) is 0 Å². The summed E-state index contributed by atoms with van der Waals surface area (Å²) in [6.07, 6.45) is 1.31. The van der Waals surface area contributed by atoms with Gasteiger partial charge in [-0.3, -0.25) is 0 Å². The van der Waals surface area contributed by atoms with Gasteiger partial charge in [0.1, 0.15) is 0 Å². The summed E-state index contributed by atoms with van der Waals surface area (Å²) >= 11 is 2.22. The summed E-state index contributed by atoms with van der Waals surface area (Å²) in [5.41, 5.74) is 0. The van der Waals surface area contributed by atoms with E-state index in [1.54, 1.807) is 0 Å². The van der Waals surface area contributed by atoms with Crippen LogP contribution in [0.25, 0.3) is 0 Å². The van der Waals surface area contributed by atoms with Crippen LogP contribution in [0.1, 0.15) is 20.3 Å². The van der Waals surface area contributed by atoms with Gasteiger partial charge in [-0.2, -0.15) is 0 Å². The van der Waals surface area contributed by atoms with Gasteiger partial charge in [0.2, 0.25) is 0 Å². The van der Waals surface area contributed by atoms with E-state index in [1.807, 2.05) is 0 Å². The van der Waals surface area contributed by atoms with Crippen molar-refractivity contribution in [2.45, 2.75) is 24.9 Å². The van der Waals surface area contributed by atoms with Crippen molar-refractivity contribution in [3.63, 3.8) is 0 Å². The number of rotatable bonds is 1. The fraction of sp³-hybridized carbons (Fsp3) is 1.00. The van der Waals surface area contributed by atoms with Crippen molar-refractivity contribution >= 4 is 17.7 Å². The Hall–Kier alpha value is 0.597. The summed E-state index contributed by atoms with van der Waals surface area (Å²) in [4.78, 5) is 0. The molecule has 5 heavy (non-hydrogen) atoms. The molecule has 0 spiro atoms. The molecule has 0 heterocycles. The van der Waals surface area contributed by atoms with E-state index >= 15 is 0 Å². The molecule has 1 atom stereocenters. The average Bonchev–Trinajstić information content (AvgIpc) is 1.38. The van der Waals surface area contributed by atoms with E-state index in [-0.39, 0.29) is 0 Å². The van der Waals surface area contributed by atoms with E-state index in [0.29, 0.717) is 0 Å². The molecule has 0 amide bonds. The average molecular weight is 60.1 g/mol. The molecule has 0 aliphatic heterocycles. The zero-order valence-corrected chi connectivity index (χ0v) is 4.28. The SMILES string of the molecule is [3Li][CH](C)CC. The Morgan fingerprint density at radius 1 is 1.80 bits per heavy atom. The maximum atomic E-state index is 2.22. The fourth-order valence-corrected chi connectivity index (χ4v) is 0. The van der Waals surface area contributed by atoms with Gasteiger partial charge in [-0.25, -0.2) is 0 Å². The first kappa shape index (κ1) is 5.60. The molecule has 1 unspecified atom stereocenters. The van der Waals surface area contributed by atoms with Gasteiger partial charge in [-0.05, 0) is 0 Å². The van der Waals surface area contributed by atoms with Gasteiger partial charge in [0.15, 0.2) is 0 Å². The molecule has 1 heteroatoms. The molecule has 0 aliphatic carbocycles. The number of hydrogen-bond donors (Lipinski definition) is 0. The second kappa shape index (κ2) is 2.81. The molecule has 0 saturated heterocycles. The van der Waals surface area contributed by atoms with Gasteiger partial charge in [0.05, 0.1) is 0 Å². The topological polar surface area (TPSA) is 0 Å². The molecular weight excluding hydrogens is 51.1 g/mol. The molecule has 0 aromatic heterocycles. The van der Waals surface area contributed by atoms with Crippen molar-refractivity contribution in [1.82, 2.24) is 0 Å². The Morgan fingerprint density at radius 3 is 2.00 bits per heavy atom. The molecule has 0 radical (unpaired) electrons. The summed E-state index contributed by atoms with van der Waals surface area (Å²) < 4.78 is 0.884. The predicted molar refractivity (Wildman–Crippen MR) is 25.5 cm³/mol. The van der Waals surface area contributed by atoms with E-state index in [2.05, 4.69) is 31.6 Å². The summed E-state index contributed by atoms with van der Waals surface area (Å²) in [6, 6.07) is 0. The van der Waals surface area contributed by atoms with Crippen molar-refractivity contribution in [3.05, 3.63) is 0 Å². The summed E-state index contributed by atoms with van der Waals surface area (Å²) in [6.45, 7) is 4.42. The molecule has 0 aromatic rings. The van der Waals surface area contributed by atoms with E-state index < -0.39 is 0 Å². The van der Waals surface area contributed by atoms with Gasteiger partial charge in [-0.15, -0.1) is 0 Å². The molecule has 0 saturated carbocycles. The van der Waals surface area contributed by atoms with Gasteiger partial charge in [0, 0.05) is 0 Å². The van der Waals surface area contributed by atoms with E-state index in [4.69, 9.17) is 0 Å². The van der Waals surface area contributed by atoms with Crippen LogP contribution in [-0.4, -0.2) is 17.7 Å². The van der Waals surface area contributed by atoms with Crippen LogP contribution in [0.2, 0.25) is 4.59 Å². The summed E-state index contributed by atoms with van der Waals surface area (Å²) in [5, 5.41) is 0. The van der Waals surface area contributed by atoms with Gasteiger partial charge in [0.25, 0.3) is 0 Å². The van der Waals surface area contributed by atoms with Crippen LogP contribution in [0.5, 0.6) is 0 Å². The number of hydrogen-bond acceptors (Lipinski definition) is 0. The quantitative estimate of drug-likeness (QED) is 0.401. The van der Waals surface area contributed by atoms with Crippen molar-refractivity contribution < 1.29 is 0 Å². The van der Waals surface area contributed by atoms with Crippen LogP contribution in [0, 0.1) is 0 Å². The first-order valence-electron chi connectivity index (χ1n) is 2.27. The third kappa shape index (κ3) is 4.60. The van der Waals surface area contributed by atoms with Crippen molar-refractivity contribution in [2.75, 3.05) is 0 Å². The zero-order valence-electron chi connectivity index (χ0n) is 4.28. The van der Waals surface area contributed by atoms with E-state index in [0.717, 1.165) is 4.59 Å². The molecule has 0 aromatic carbocycles.